The van der Waals surface area contributed by atoms with Crippen LogP contribution in [0.4, 0.5) is 4.79 Å². The Morgan fingerprint density at radius 2 is 1.59 bits per heavy atom. The van der Waals surface area contributed by atoms with Crippen molar-refractivity contribution in [1.29, 1.82) is 0 Å². The summed E-state index contributed by atoms with van der Waals surface area (Å²) in [6.07, 6.45) is 1.85. The highest BCUT2D eigenvalue weighted by molar-refractivity contribution is 5.72. The molecule has 0 rings (SSSR count). The quantitative estimate of drug-likeness (QED) is 0.279. The van der Waals surface area contributed by atoms with E-state index < -0.39 is 24.3 Å². The summed E-state index contributed by atoms with van der Waals surface area (Å²) in [4.78, 5) is 34.4. The number of amides is 1. The van der Waals surface area contributed by atoms with Crippen LogP contribution in [-0.2, 0) is 19.1 Å². The van der Waals surface area contributed by atoms with Crippen LogP contribution in [0.2, 0.25) is 0 Å². The van der Waals surface area contributed by atoms with Gasteiger partial charge in [-0.2, -0.15) is 0 Å². The third kappa shape index (κ3) is 13.1. The Bertz CT molecular complexity index is 461. The van der Waals surface area contributed by atoms with Crippen LogP contribution in [0.15, 0.2) is 0 Å². The number of carboxylic acids is 1. The van der Waals surface area contributed by atoms with Crippen molar-refractivity contribution in [3.63, 3.8) is 0 Å². The van der Waals surface area contributed by atoms with Gasteiger partial charge in [0, 0.05) is 18.9 Å². The third-order valence-corrected chi connectivity index (χ3v) is 4.10. The molecule has 2 atom stereocenters. The normalized spacial score (nSPS) is 13.5. The fourth-order valence-electron chi connectivity index (χ4n) is 2.65. The van der Waals surface area contributed by atoms with Gasteiger partial charge in [-0.3, -0.25) is 9.59 Å². The number of esters is 1. The lowest BCUT2D eigenvalue weighted by atomic mass is 9.89. The van der Waals surface area contributed by atoms with Crippen LogP contribution < -0.4 is 5.32 Å². The zero-order chi connectivity index (χ0) is 21.0. The molecule has 0 aliphatic carbocycles. The number of carboxylic acid groups (broad SMARTS) is 1. The molecule has 0 fully saturated rings. The fourth-order valence-corrected chi connectivity index (χ4v) is 2.65. The minimum absolute atomic E-state index is 0.148. The van der Waals surface area contributed by atoms with Crippen LogP contribution in [0, 0.1) is 23.7 Å². The summed E-state index contributed by atoms with van der Waals surface area (Å²) >= 11 is 0. The van der Waals surface area contributed by atoms with Crippen molar-refractivity contribution in [2.24, 2.45) is 23.7 Å². The largest absolute Gasteiger partial charge is 0.481 e. The Morgan fingerprint density at radius 3 is 2.07 bits per heavy atom. The van der Waals surface area contributed by atoms with Gasteiger partial charge in [0.05, 0.1) is 5.92 Å². The van der Waals surface area contributed by atoms with Gasteiger partial charge in [-0.25, -0.2) is 4.79 Å². The van der Waals surface area contributed by atoms with Crippen molar-refractivity contribution in [2.75, 3.05) is 6.54 Å². The second kappa shape index (κ2) is 13.4. The molecule has 7 nitrogen and oxygen atoms in total. The van der Waals surface area contributed by atoms with E-state index in [2.05, 4.69) is 19.2 Å². The van der Waals surface area contributed by atoms with E-state index >= 15 is 0 Å². The second-order valence-electron chi connectivity index (χ2n) is 8.11. The van der Waals surface area contributed by atoms with Crippen LogP contribution in [0.25, 0.3) is 0 Å². The standard InChI is InChI=1S/C20H37NO6/c1-13(2)12-16(9-10-17(22)23)8-7-11-21-20(25)27-19(15(5)6)26-18(24)14(3)4/h13-16,19H,7-12H2,1-6H3,(H,21,25)(H,22,23)/t16-,19-/m0/s1. The number of rotatable bonds is 13. The molecular formula is C20H37NO6. The molecule has 0 radical (unpaired) electrons. The first-order valence-electron chi connectivity index (χ1n) is 9.89. The molecule has 0 aliphatic rings. The highest BCUT2D eigenvalue weighted by Gasteiger charge is 2.24. The fraction of sp³-hybridized carbons (Fsp3) is 0.850. The lowest BCUT2D eigenvalue weighted by Gasteiger charge is -2.22. The van der Waals surface area contributed by atoms with Gasteiger partial charge in [-0.05, 0) is 37.5 Å². The number of hydrogen-bond acceptors (Lipinski definition) is 5. The lowest BCUT2D eigenvalue weighted by Crippen LogP contribution is -2.35. The summed E-state index contributed by atoms with van der Waals surface area (Å²) in [5, 5.41) is 11.5. The molecule has 2 N–H and O–H groups in total. The maximum atomic E-state index is 11.9. The molecule has 0 spiro atoms. The summed E-state index contributed by atoms with van der Waals surface area (Å²) in [6, 6.07) is 0. The van der Waals surface area contributed by atoms with Crippen molar-refractivity contribution >= 4 is 18.0 Å². The van der Waals surface area contributed by atoms with Gasteiger partial charge in [0.2, 0.25) is 0 Å². The Hall–Kier alpha value is -1.79. The molecule has 0 unspecified atom stereocenters. The van der Waals surface area contributed by atoms with Crippen LogP contribution in [0.1, 0.15) is 73.6 Å². The van der Waals surface area contributed by atoms with Crippen LogP contribution in [-0.4, -0.2) is 36.0 Å². The molecule has 0 aromatic heterocycles. The molecule has 0 heterocycles. The zero-order valence-corrected chi connectivity index (χ0v) is 17.6. The first-order chi connectivity index (χ1) is 12.5. The van der Waals surface area contributed by atoms with Gasteiger partial charge in [0.25, 0.3) is 6.29 Å². The average Bonchev–Trinajstić information content (AvgIpc) is 2.54. The number of alkyl carbamates (subject to hydrolysis) is 1. The van der Waals surface area contributed by atoms with Gasteiger partial charge < -0.3 is 19.9 Å². The molecule has 158 valence electrons. The van der Waals surface area contributed by atoms with Crippen molar-refractivity contribution in [3.05, 3.63) is 0 Å². The number of aliphatic carboxylic acids is 1. The van der Waals surface area contributed by atoms with Gasteiger partial charge in [0.15, 0.2) is 0 Å². The van der Waals surface area contributed by atoms with E-state index in [1.165, 1.54) is 0 Å². The highest BCUT2D eigenvalue weighted by atomic mass is 16.7. The zero-order valence-electron chi connectivity index (χ0n) is 17.6. The van der Waals surface area contributed by atoms with Gasteiger partial charge >= 0.3 is 18.0 Å². The lowest BCUT2D eigenvalue weighted by molar-refractivity contribution is -0.178. The molecule has 0 saturated heterocycles. The number of nitrogens with one attached hydrogen (secondary N) is 1. The van der Waals surface area contributed by atoms with Crippen LogP contribution in [0.3, 0.4) is 0 Å². The predicted octanol–water partition coefficient (Wildman–Crippen LogP) is 4.20. The Kier molecular flexibility index (Phi) is 12.5. The summed E-state index contributed by atoms with van der Waals surface area (Å²) in [5.41, 5.74) is 0. The molecular weight excluding hydrogens is 350 g/mol. The Labute approximate surface area is 163 Å². The first-order valence-corrected chi connectivity index (χ1v) is 9.89. The molecule has 0 aromatic rings. The minimum atomic E-state index is -0.913. The summed E-state index contributed by atoms with van der Waals surface area (Å²) < 4.78 is 10.4. The molecule has 0 saturated carbocycles. The minimum Gasteiger partial charge on any atom is -0.481 e. The predicted molar refractivity (Wildman–Crippen MR) is 103 cm³/mol. The number of ether oxygens (including phenoxy) is 2. The molecule has 0 bridgehead atoms. The van der Waals surface area contributed by atoms with E-state index in [-0.39, 0.29) is 18.3 Å². The van der Waals surface area contributed by atoms with E-state index in [0.29, 0.717) is 24.8 Å². The number of carbonyl (C=O) groups is 3. The van der Waals surface area contributed by atoms with E-state index in [1.54, 1.807) is 13.8 Å². The summed E-state index contributed by atoms with van der Waals surface area (Å²) in [7, 11) is 0. The third-order valence-electron chi connectivity index (χ3n) is 4.10. The van der Waals surface area contributed by atoms with Gasteiger partial charge in [0.1, 0.15) is 0 Å². The van der Waals surface area contributed by atoms with Gasteiger partial charge in [-0.1, -0.05) is 41.5 Å². The van der Waals surface area contributed by atoms with E-state index in [4.69, 9.17) is 14.6 Å². The topological polar surface area (TPSA) is 102 Å². The van der Waals surface area contributed by atoms with Gasteiger partial charge in [-0.15, -0.1) is 0 Å². The monoisotopic (exact) mass is 387 g/mol. The first kappa shape index (κ1) is 25.2. The Balaban J connectivity index is 4.29. The maximum Gasteiger partial charge on any atom is 0.410 e. The number of hydrogen-bond donors (Lipinski definition) is 2. The Morgan fingerprint density at radius 1 is 0.963 bits per heavy atom. The van der Waals surface area contributed by atoms with E-state index in [1.807, 2.05) is 13.8 Å². The van der Waals surface area contributed by atoms with Crippen LogP contribution >= 0.6 is 0 Å². The summed E-state index contributed by atoms with van der Waals surface area (Å²) in [5.74, 6) is -0.789. The van der Waals surface area contributed by atoms with Crippen molar-refractivity contribution in [2.45, 2.75) is 79.9 Å². The van der Waals surface area contributed by atoms with E-state index in [9.17, 15) is 14.4 Å². The second-order valence-corrected chi connectivity index (χ2v) is 8.11. The smallest absolute Gasteiger partial charge is 0.410 e. The molecule has 7 heteroatoms. The van der Waals surface area contributed by atoms with Crippen molar-refractivity contribution in [1.82, 2.24) is 5.32 Å². The maximum absolute atomic E-state index is 11.9. The molecule has 1 amide bonds. The van der Waals surface area contributed by atoms with Crippen molar-refractivity contribution < 1.29 is 29.0 Å². The average molecular weight is 388 g/mol. The molecule has 0 aromatic carbocycles. The SMILES string of the molecule is CC(C)C[C@@H](CCCNC(=O)O[C@H](OC(=O)C(C)C)C(C)C)CCC(=O)O. The van der Waals surface area contributed by atoms with E-state index in [0.717, 1.165) is 19.3 Å². The molecule has 0 aliphatic heterocycles. The molecule has 27 heavy (non-hydrogen) atoms. The number of carbonyl (C=O) groups excluding carboxylic acids is 2. The highest BCUT2D eigenvalue weighted by Crippen LogP contribution is 2.22. The van der Waals surface area contributed by atoms with Crippen molar-refractivity contribution in [3.8, 4) is 0 Å². The summed E-state index contributed by atoms with van der Waals surface area (Å²) in [6.45, 7) is 11.7. The van der Waals surface area contributed by atoms with Crippen LogP contribution in [0.5, 0.6) is 0 Å².